The highest BCUT2D eigenvalue weighted by Crippen LogP contribution is 2.23. The first-order chi connectivity index (χ1) is 10.2. The Kier molecular flexibility index (Phi) is 3.30. The third-order valence-corrected chi connectivity index (χ3v) is 3.41. The second-order valence-electron chi connectivity index (χ2n) is 4.84. The molecular formula is C16H13N3O2. The van der Waals surface area contributed by atoms with Gasteiger partial charge in [0.1, 0.15) is 0 Å². The van der Waals surface area contributed by atoms with E-state index in [9.17, 15) is 4.79 Å². The van der Waals surface area contributed by atoms with E-state index < -0.39 is 0 Å². The summed E-state index contributed by atoms with van der Waals surface area (Å²) in [7, 11) is 0. The van der Waals surface area contributed by atoms with Crippen molar-refractivity contribution >= 4 is 17.3 Å². The molecule has 5 nitrogen and oxygen atoms in total. The Morgan fingerprint density at radius 1 is 1.19 bits per heavy atom. The number of nitrogens with zero attached hydrogens (tertiary/aromatic N) is 1. The van der Waals surface area contributed by atoms with Gasteiger partial charge >= 0.3 is 0 Å². The van der Waals surface area contributed by atoms with Crippen molar-refractivity contribution in [3.8, 4) is 6.07 Å². The average molecular weight is 279 g/mol. The van der Waals surface area contributed by atoms with Crippen LogP contribution in [0.25, 0.3) is 0 Å². The van der Waals surface area contributed by atoms with Crippen LogP contribution in [-0.4, -0.2) is 5.91 Å². The third-order valence-electron chi connectivity index (χ3n) is 3.41. The molecule has 104 valence electrons. The Hall–Kier alpha value is -2.84. The van der Waals surface area contributed by atoms with Crippen molar-refractivity contribution in [3.05, 3.63) is 58.7 Å². The molecule has 0 aliphatic carbocycles. The number of nitrogens with two attached hydrogens (primary N) is 1. The summed E-state index contributed by atoms with van der Waals surface area (Å²) in [6.07, 6.45) is 0. The maximum absolute atomic E-state index is 12.2. The normalized spacial score (nSPS) is 12.5. The molecule has 0 aromatic heterocycles. The number of rotatable bonds is 2. The summed E-state index contributed by atoms with van der Waals surface area (Å²) in [5.74, 6) is -0.235. The minimum atomic E-state index is -0.235. The molecule has 0 fully saturated rings. The van der Waals surface area contributed by atoms with Gasteiger partial charge in [0.15, 0.2) is 0 Å². The van der Waals surface area contributed by atoms with Crippen LogP contribution in [0.3, 0.4) is 0 Å². The highest BCUT2D eigenvalue weighted by molar-refractivity contribution is 6.06. The number of nitrogens with one attached hydrogen (secondary N) is 1. The van der Waals surface area contributed by atoms with Crippen LogP contribution in [-0.2, 0) is 18.0 Å². The number of nitrogen functional groups attached to an aromatic ring is 1. The van der Waals surface area contributed by atoms with Gasteiger partial charge < -0.3 is 15.8 Å². The van der Waals surface area contributed by atoms with Crippen LogP contribution in [0.2, 0.25) is 0 Å². The highest BCUT2D eigenvalue weighted by Gasteiger charge is 2.15. The summed E-state index contributed by atoms with van der Waals surface area (Å²) in [5, 5.41) is 11.6. The number of hydrogen-bond acceptors (Lipinski definition) is 4. The van der Waals surface area contributed by atoms with Gasteiger partial charge in [-0.3, -0.25) is 4.79 Å². The van der Waals surface area contributed by atoms with E-state index in [2.05, 4.69) is 5.32 Å². The second-order valence-corrected chi connectivity index (χ2v) is 4.84. The Labute approximate surface area is 121 Å². The lowest BCUT2D eigenvalue weighted by molar-refractivity contribution is 0.102. The number of amides is 1. The summed E-state index contributed by atoms with van der Waals surface area (Å²) in [4.78, 5) is 12.2. The van der Waals surface area contributed by atoms with Crippen molar-refractivity contribution in [1.29, 1.82) is 5.26 Å². The molecule has 1 heterocycles. The smallest absolute Gasteiger partial charge is 0.255 e. The first-order valence-electron chi connectivity index (χ1n) is 6.48. The van der Waals surface area contributed by atoms with Gasteiger partial charge in [0.05, 0.1) is 36.2 Å². The molecule has 1 aliphatic rings. The molecule has 0 bridgehead atoms. The van der Waals surface area contributed by atoms with Gasteiger partial charge in [-0.25, -0.2) is 0 Å². The predicted octanol–water partition coefficient (Wildman–Crippen LogP) is 2.42. The van der Waals surface area contributed by atoms with Crippen LogP contribution in [0, 0.1) is 11.3 Å². The number of ether oxygens (including phenoxy) is 1. The molecule has 0 unspecified atom stereocenters. The molecule has 0 atom stereocenters. The standard InChI is InChI=1S/C16H13N3O2/c17-7-10-1-4-15(14(18)5-10)19-16(20)11-2-3-12-8-21-9-13(12)6-11/h1-6H,8-9,18H2,(H,19,20). The fourth-order valence-electron chi connectivity index (χ4n) is 2.25. The van der Waals surface area contributed by atoms with Crippen LogP contribution < -0.4 is 11.1 Å². The van der Waals surface area contributed by atoms with E-state index in [1.807, 2.05) is 18.2 Å². The Morgan fingerprint density at radius 3 is 2.76 bits per heavy atom. The summed E-state index contributed by atoms with van der Waals surface area (Å²) < 4.78 is 5.33. The maximum Gasteiger partial charge on any atom is 0.255 e. The fraction of sp³-hybridized carbons (Fsp3) is 0.125. The molecule has 1 amide bonds. The number of carbonyl (C=O) groups is 1. The Bertz CT molecular complexity index is 763. The number of hydrogen-bond donors (Lipinski definition) is 2. The molecule has 1 aliphatic heterocycles. The second kappa shape index (κ2) is 5.27. The fourth-order valence-corrected chi connectivity index (χ4v) is 2.25. The quantitative estimate of drug-likeness (QED) is 0.826. The maximum atomic E-state index is 12.2. The summed E-state index contributed by atoms with van der Waals surface area (Å²) in [5.41, 5.74) is 9.86. The number of carbonyl (C=O) groups excluding carboxylic acids is 1. The topological polar surface area (TPSA) is 88.1 Å². The van der Waals surface area contributed by atoms with E-state index in [1.165, 1.54) is 6.07 Å². The van der Waals surface area contributed by atoms with Gasteiger partial charge in [0, 0.05) is 5.56 Å². The van der Waals surface area contributed by atoms with Crippen LogP contribution in [0.4, 0.5) is 11.4 Å². The first-order valence-corrected chi connectivity index (χ1v) is 6.48. The molecule has 0 radical (unpaired) electrons. The molecule has 0 saturated heterocycles. The van der Waals surface area contributed by atoms with Crippen LogP contribution >= 0.6 is 0 Å². The minimum Gasteiger partial charge on any atom is -0.397 e. The molecule has 21 heavy (non-hydrogen) atoms. The first kappa shape index (κ1) is 13.2. The average Bonchev–Trinajstić information content (AvgIpc) is 2.96. The Balaban J connectivity index is 1.82. The lowest BCUT2D eigenvalue weighted by Crippen LogP contribution is -2.13. The molecule has 2 aromatic rings. The largest absolute Gasteiger partial charge is 0.397 e. The zero-order chi connectivity index (χ0) is 14.8. The van der Waals surface area contributed by atoms with E-state index in [1.54, 1.807) is 18.2 Å². The highest BCUT2D eigenvalue weighted by atomic mass is 16.5. The van der Waals surface area contributed by atoms with Crippen LogP contribution in [0.5, 0.6) is 0 Å². The lowest BCUT2D eigenvalue weighted by Gasteiger charge is -2.09. The molecule has 3 rings (SSSR count). The summed E-state index contributed by atoms with van der Waals surface area (Å²) >= 11 is 0. The van der Waals surface area contributed by atoms with E-state index >= 15 is 0 Å². The van der Waals surface area contributed by atoms with Gasteiger partial charge in [0.25, 0.3) is 5.91 Å². The van der Waals surface area contributed by atoms with Gasteiger partial charge in [-0.15, -0.1) is 0 Å². The molecule has 3 N–H and O–H groups in total. The van der Waals surface area contributed by atoms with Crippen molar-refractivity contribution in [2.24, 2.45) is 0 Å². The lowest BCUT2D eigenvalue weighted by atomic mass is 10.1. The van der Waals surface area contributed by atoms with Crippen molar-refractivity contribution in [1.82, 2.24) is 0 Å². The minimum absolute atomic E-state index is 0.235. The number of benzene rings is 2. The number of fused-ring (bicyclic) bond motifs is 1. The molecule has 0 spiro atoms. The molecule has 5 heteroatoms. The van der Waals surface area contributed by atoms with Gasteiger partial charge in [-0.1, -0.05) is 6.07 Å². The molecule has 0 saturated carbocycles. The van der Waals surface area contributed by atoms with Crippen molar-refractivity contribution in [2.45, 2.75) is 13.2 Å². The van der Waals surface area contributed by atoms with Crippen LogP contribution in [0.1, 0.15) is 27.0 Å². The summed E-state index contributed by atoms with van der Waals surface area (Å²) in [6, 6.07) is 12.3. The monoisotopic (exact) mass is 279 g/mol. The van der Waals surface area contributed by atoms with Gasteiger partial charge in [0.2, 0.25) is 0 Å². The third kappa shape index (κ3) is 2.57. The number of nitriles is 1. The Morgan fingerprint density at radius 2 is 2.00 bits per heavy atom. The molecular weight excluding hydrogens is 266 g/mol. The predicted molar refractivity (Wildman–Crippen MR) is 78.5 cm³/mol. The van der Waals surface area contributed by atoms with E-state index in [0.29, 0.717) is 35.7 Å². The van der Waals surface area contributed by atoms with Crippen molar-refractivity contribution < 1.29 is 9.53 Å². The van der Waals surface area contributed by atoms with Crippen LogP contribution in [0.15, 0.2) is 36.4 Å². The zero-order valence-corrected chi connectivity index (χ0v) is 11.2. The van der Waals surface area contributed by atoms with Gasteiger partial charge in [-0.05, 0) is 41.5 Å². The van der Waals surface area contributed by atoms with E-state index in [-0.39, 0.29) is 5.91 Å². The van der Waals surface area contributed by atoms with Gasteiger partial charge in [-0.2, -0.15) is 5.26 Å². The van der Waals surface area contributed by atoms with E-state index in [4.69, 9.17) is 15.7 Å². The SMILES string of the molecule is N#Cc1ccc(NC(=O)c2ccc3c(c2)COC3)c(N)c1. The van der Waals surface area contributed by atoms with E-state index in [0.717, 1.165) is 11.1 Å². The van der Waals surface area contributed by atoms with Crippen molar-refractivity contribution in [2.75, 3.05) is 11.1 Å². The van der Waals surface area contributed by atoms with Crippen molar-refractivity contribution in [3.63, 3.8) is 0 Å². The number of anilines is 2. The summed E-state index contributed by atoms with van der Waals surface area (Å²) in [6.45, 7) is 1.13. The zero-order valence-electron chi connectivity index (χ0n) is 11.2. The molecule has 2 aromatic carbocycles.